The number of carboxylic acid groups (broad SMARTS) is 1. The minimum absolute atomic E-state index is 0.0182. The van der Waals surface area contributed by atoms with Crippen LogP contribution >= 0.6 is 0 Å². The van der Waals surface area contributed by atoms with Crippen LogP contribution in [-0.4, -0.2) is 35.2 Å². The Morgan fingerprint density at radius 1 is 0.862 bits per heavy atom. The minimum atomic E-state index is -1.24. The fourth-order valence-electron chi connectivity index (χ4n) is 2.46. The second kappa shape index (κ2) is 11.5. The van der Waals surface area contributed by atoms with Gasteiger partial charge in [-0.25, -0.2) is 9.59 Å². The van der Waals surface area contributed by atoms with Crippen molar-refractivity contribution in [2.75, 3.05) is 0 Å². The largest absolute Gasteiger partial charge is 0.480 e. The van der Waals surface area contributed by atoms with Crippen LogP contribution < -0.4 is 11.1 Å². The van der Waals surface area contributed by atoms with E-state index in [0.717, 1.165) is 11.1 Å². The van der Waals surface area contributed by atoms with Crippen LogP contribution in [0.15, 0.2) is 60.7 Å². The highest BCUT2D eigenvalue weighted by Gasteiger charge is 2.24. The zero-order valence-electron chi connectivity index (χ0n) is 15.8. The van der Waals surface area contributed by atoms with Crippen LogP contribution in [0.1, 0.15) is 24.0 Å². The maximum atomic E-state index is 12.0. The van der Waals surface area contributed by atoms with Crippen molar-refractivity contribution in [2.24, 2.45) is 5.73 Å². The highest BCUT2D eigenvalue weighted by atomic mass is 16.5. The van der Waals surface area contributed by atoms with E-state index < -0.39 is 30.1 Å². The summed E-state index contributed by atoms with van der Waals surface area (Å²) in [5.41, 5.74) is 7.38. The van der Waals surface area contributed by atoms with E-state index in [1.54, 1.807) is 24.3 Å². The Bertz CT molecular complexity index is 797. The topological polar surface area (TPSA) is 128 Å². The van der Waals surface area contributed by atoms with E-state index >= 15 is 0 Å². The number of esters is 1. The Morgan fingerprint density at radius 3 is 1.90 bits per heavy atom. The lowest BCUT2D eigenvalue weighted by molar-refractivity contribution is -0.147. The number of amides is 1. The quantitative estimate of drug-likeness (QED) is 0.522. The van der Waals surface area contributed by atoms with Gasteiger partial charge in [-0.15, -0.1) is 0 Å². The summed E-state index contributed by atoms with van der Waals surface area (Å²) in [7, 11) is 0. The van der Waals surface area contributed by atoms with Crippen LogP contribution in [0.3, 0.4) is 0 Å². The Labute approximate surface area is 168 Å². The molecule has 2 atom stereocenters. The summed E-state index contributed by atoms with van der Waals surface area (Å²) >= 11 is 0. The molecule has 0 aliphatic carbocycles. The van der Waals surface area contributed by atoms with Crippen molar-refractivity contribution in [1.82, 2.24) is 5.32 Å². The normalized spacial score (nSPS) is 12.4. The molecule has 0 saturated carbocycles. The van der Waals surface area contributed by atoms with Crippen LogP contribution in [0, 0.1) is 0 Å². The fraction of sp³-hybridized carbons (Fsp3) is 0.286. The average molecular weight is 400 g/mol. The number of benzene rings is 2. The van der Waals surface area contributed by atoms with Crippen molar-refractivity contribution in [3.63, 3.8) is 0 Å². The SMILES string of the molecule is NC(CC[C@@H](NC(=O)OCc1ccccc1)C(=O)O)C(=O)OCc1ccccc1. The molecule has 0 heterocycles. The number of nitrogens with two attached hydrogens (primary N) is 1. The standard InChI is InChI=1S/C21H24N2O6/c22-17(20(26)28-13-15-7-3-1-4-8-15)11-12-18(19(24)25)23-21(27)29-14-16-9-5-2-6-10-16/h1-10,17-18H,11-14,22H2,(H,23,27)(H,24,25)/t17?,18-/m1/s1. The van der Waals surface area contributed by atoms with Crippen LogP contribution in [0.25, 0.3) is 0 Å². The smallest absolute Gasteiger partial charge is 0.408 e. The first kappa shape index (κ1) is 21.9. The Morgan fingerprint density at radius 2 is 1.38 bits per heavy atom. The molecule has 29 heavy (non-hydrogen) atoms. The molecule has 0 aromatic heterocycles. The number of rotatable bonds is 10. The molecule has 0 bridgehead atoms. The maximum absolute atomic E-state index is 12.0. The molecule has 0 aliphatic heterocycles. The average Bonchev–Trinajstić information content (AvgIpc) is 2.74. The van der Waals surface area contributed by atoms with Gasteiger partial charge in [-0.1, -0.05) is 60.7 Å². The summed E-state index contributed by atoms with van der Waals surface area (Å²) in [6, 6.07) is 15.9. The van der Waals surface area contributed by atoms with Gasteiger partial charge in [0.25, 0.3) is 0 Å². The molecule has 2 aromatic carbocycles. The van der Waals surface area contributed by atoms with Crippen molar-refractivity contribution in [3.05, 3.63) is 71.8 Å². The molecule has 2 aromatic rings. The number of nitrogens with one attached hydrogen (secondary N) is 1. The maximum Gasteiger partial charge on any atom is 0.408 e. The third kappa shape index (κ3) is 8.02. The van der Waals surface area contributed by atoms with Gasteiger partial charge in [0.05, 0.1) is 0 Å². The van der Waals surface area contributed by atoms with Crippen molar-refractivity contribution < 1.29 is 29.0 Å². The molecule has 8 nitrogen and oxygen atoms in total. The summed E-state index contributed by atoms with van der Waals surface area (Å²) in [5, 5.41) is 11.6. The van der Waals surface area contributed by atoms with Gasteiger partial charge < -0.3 is 25.6 Å². The number of carboxylic acids is 1. The van der Waals surface area contributed by atoms with Gasteiger partial charge in [0.1, 0.15) is 25.3 Å². The third-order valence-electron chi connectivity index (χ3n) is 4.10. The lowest BCUT2D eigenvalue weighted by Gasteiger charge is -2.17. The number of hydrogen-bond acceptors (Lipinski definition) is 6. The molecular formula is C21H24N2O6. The van der Waals surface area contributed by atoms with Gasteiger partial charge in [-0.05, 0) is 24.0 Å². The van der Waals surface area contributed by atoms with Crippen LogP contribution in [-0.2, 0) is 32.3 Å². The van der Waals surface area contributed by atoms with E-state index in [4.69, 9.17) is 15.2 Å². The molecule has 1 unspecified atom stereocenters. The lowest BCUT2D eigenvalue weighted by Crippen LogP contribution is -2.43. The molecule has 8 heteroatoms. The van der Waals surface area contributed by atoms with E-state index in [9.17, 15) is 19.5 Å². The summed E-state index contributed by atoms with van der Waals surface area (Å²) in [6.45, 7) is 0.101. The second-order valence-corrected chi connectivity index (χ2v) is 6.37. The third-order valence-corrected chi connectivity index (χ3v) is 4.10. The second-order valence-electron chi connectivity index (χ2n) is 6.37. The molecule has 4 N–H and O–H groups in total. The molecule has 0 fully saturated rings. The van der Waals surface area contributed by atoms with Crippen LogP contribution in [0.5, 0.6) is 0 Å². The number of carbonyl (C=O) groups excluding carboxylic acids is 2. The number of alkyl carbamates (subject to hydrolysis) is 1. The number of ether oxygens (including phenoxy) is 2. The zero-order valence-corrected chi connectivity index (χ0v) is 15.8. The Balaban J connectivity index is 1.74. The number of hydrogen-bond donors (Lipinski definition) is 3. The van der Waals surface area contributed by atoms with Crippen molar-refractivity contribution in [2.45, 2.75) is 38.1 Å². The molecule has 0 radical (unpaired) electrons. The summed E-state index contributed by atoms with van der Waals surface area (Å²) < 4.78 is 10.1. The molecule has 2 rings (SSSR count). The van der Waals surface area contributed by atoms with E-state index in [1.165, 1.54) is 0 Å². The van der Waals surface area contributed by atoms with E-state index in [-0.39, 0.29) is 26.1 Å². The predicted octanol–water partition coefficient (Wildman–Crippen LogP) is 2.22. The first-order valence-corrected chi connectivity index (χ1v) is 9.12. The van der Waals surface area contributed by atoms with Crippen molar-refractivity contribution in [3.8, 4) is 0 Å². The fourth-order valence-corrected chi connectivity index (χ4v) is 2.46. The van der Waals surface area contributed by atoms with Gasteiger partial charge in [0, 0.05) is 0 Å². The molecular weight excluding hydrogens is 376 g/mol. The van der Waals surface area contributed by atoms with Crippen LogP contribution in [0.2, 0.25) is 0 Å². The molecule has 0 saturated heterocycles. The molecule has 0 spiro atoms. The highest BCUT2D eigenvalue weighted by Crippen LogP contribution is 2.07. The molecule has 154 valence electrons. The minimum Gasteiger partial charge on any atom is -0.480 e. The number of aliphatic carboxylic acids is 1. The van der Waals surface area contributed by atoms with Gasteiger partial charge in [-0.2, -0.15) is 0 Å². The lowest BCUT2D eigenvalue weighted by atomic mass is 10.1. The highest BCUT2D eigenvalue weighted by molar-refractivity contribution is 5.80. The molecule has 1 amide bonds. The monoisotopic (exact) mass is 400 g/mol. The first-order chi connectivity index (χ1) is 14.0. The summed E-state index contributed by atoms with van der Waals surface area (Å²) in [5.74, 6) is -1.88. The van der Waals surface area contributed by atoms with Gasteiger partial charge in [0.2, 0.25) is 0 Å². The summed E-state index contributed by atoms with van der Waals surface area (Å²) in [6.07, 6.45) is -0.873. The summed E-state index contributed by atoms with van der Waals surface area (Å²) in [4.78, 5) is 35.2. The Hall–Kier alpha value is -3.39. The van der Waals surface area contributed by atoms with Crippen molar-refractivity contribution in [1.29, 1.82) is 0 Å². The molecule has 0 aliphatic rings. The van der Waals surface area contributed by atoms with Crippen molar-refractivity contribution >= 4 is 18.0 Å². The van der Waals surface area contributed by atoms with Crippen LogP contribution in [0.4, 0.5) is 4.79 Å². The first-order valence-electron chi connectivity index (χ1n) is 9.12. The predicted molar refractivity (Wildman–Crippen MR) is 105 cm³/mol. The van der Waals surface area contributed by atoms with Gasteiger partial charge >= 0.3 is 18.0 Å². The van der Waals surface area contributed by atoms with Gasteiger partial charge in [0.15, 0.2) is 0 Å². The van der Waals surface area contributed by atoms with Gasteiger partial charge in [-0.3, -0.25) is 4.79 Å². The van der Waals surface area contributed by atoms with E-state index in [2.05, 4.69) is 5.32 Å². The zero-order chi connectivity index (χ0) is 21.1. The van der Waals surface area contributed by atoms with E-state index in [0.29, 0.717) is 0 Å². The number of carbonyl (C=O) groups is 3. The Kier molecular flexibility index (Phi) is 8.65. The van der Waals surface area contributed by atoms with E-state index in [1.807, 2.05) is 36.4 Å².